The first-order chi connectivity index (χ1) is 9.60. The Bertz CT molecular complexity index is 600. The summed E-state index contributed by atoms with van der Waals surface area (Å²) in [5.74, 6) is 1.60. The second-order valence-corrected chi connectivity index (χ2v) is 4.77. The Labute approximate surface area is 123 Å². The van der Waals surface area contributed by atoms with Crippen molar-refractivity contribution in [1.29, 1.82) is 0 Å². The minimum atomic E-state index is 0.250. The molecule has 0 aliphatic rings. The molecule has 1 heterocycles. The van der Waals surface area contributed by atoms with Crippen LogP contribution >= 0.6 is 12.2 Å². The summed E-state index contributed by atoms with van der Waals surface area (Å²) in [5.41, 5.74) is 7.15. The van der Waals surface area contributed by atoms with Crippen LogP contribution in [0.5, 0.6) is 5.75 Å². The van der Waals surface area contributed by atoms with E-state index in [0.717, 1.165) is 17.1 Å². The third-order valence-electron chi connectivity index (χ3n) is 2.84. The monoisotopic (exact) mass is 288 g/mol. The van der Waals surface area contributed by atoms with E-state index in [1.165, 1.54) is 0 Å². The minimum Gasteiger partial charge on any atom is -0.497 e. The van der Waals surface area contributed by atoms with Crippen LogP contribution in [0.25, 0.3) is 0 Å². The van der Waals surface area contributed by atoms with Crippen LogP contribution in [-0.2, 0) is 6.54 Å². The Kier molecular flexibility index (Phi) is 4.47. The molecular formula is C14H16N4OS. The number of nitrogens with two attached hydrogens (primary N) is 1. The van der Waals surface area contributed by atoms with Crippen molar-refractivity contribution in [2.24, 2.45) is 5.73 Å². The molecule has 20 heavy (non-hydrogen) atoms. The smallest absolute Gasteiger partial charge is 0.147 e. The summed E-state index contributed by atoms with van der Waals surface area (Å²) in [6.45, 7) is 0.707. The van der Waals surface area contributed by atoms with Crippen molar-refractivity contribution in [3.8, 4) is 5.75 Å². The van der Waals surface area contributed by atoms with Gasteiger partial charge in [0.15, 0.2) is 0 Å². The number of anilines is 1. The number of ether oxygens (including phenoxy) is 1. The third-order valence-corrected chi connectivity index (χ3v) is 3.04. The summed E-state index contributed by atoms with van der Waals surface area (Å²) in [7, 11) is 3.60. The fourth-order valence-corrected chi connectivity index (χ4v) is 1.88. The zero-order chi connectivity index (χ0) is 14.5. The number of hydrogen-bond acceptors (Lipinski definition) is 5. The molecule has 5 nitrogen and oxygen atoms in total. The van der Waals surface area contributed by atoms with Gasteiger partial charge in [-0.25, -0.2) is 9.97 Å². The molecule has 0 unspecified atom stereocenters. The zero-order valence-corrected chi connectivity index (χ0v) is 12.2. The average molecular weight is 288 g/mol. The number of rotatable bonds is 5. The molecule has 0 bridgehead atoms. The highest BCUT2D eigenvalue weighted by atomic mass is 32.1. The number of nitrogens with zero attached hydrogens (tertiary/aromatic N) is 3. The lowest BCUT2D eigenvalue weighted by atomic mass is 10.2. The van der Waals surface area contributed by atoms with E-state index >= 15 is 0 Å². The molecule has 0 saturated carbocycles. The lowest BCUT2D eigenvalue weighted by Crippen LogP contribution is -2.19. The molecule has 0 radical (unpaired) electrons. The van der Waals surface area contributed by atoms with Crippen LogP contribution in [0.2, 0.25) is 0 Å². The molecule has 6 heteroatoms. The highest BCUT2D eigenvalue weighted by Gasteiger charge is 2.06. The van der Waals surface area contributed by atoms with Gasteiger partial charge in [0.25, 0.3) is 0 Å². The molecule has 2 aromatic rings. The highest BCUT2D eigenvalue weighted by molar-refractivity contribution is 7.80. The van der Waals surface area contributed by atoms with Crippen LogP contribution in [0.3, 0.4) is 0 Å². The van der Waals surface area contributed by atoms with E-state index in [9.17, 15) is 0 Å². The maximum absolute atomic E-state index is 5.50. The van der Waals surface area contributed by atoms with Crippen molar-refractivity contribution in [1.82, 2.24) is 9.97 Å². The van der Waals surface area contributed by atoms with Gasteiger partial charge in [0.1, 0.15) is 22.2 Å². The Morgan fingerprint density at radius 2 is 2.15 bits per heavy atom. The zero-order valence-electron chi connectivity index (χ0n) is 11.4. The second kappa shape index (κ2) is 6.29. The van der Waals surface area contributed by atoms with Crippen LogP contribution in [-0.4, -0.2) is 29.1 Å². The standard InChI is InChI=1S/C14H16N4OS/c1-18(9-10-4-3-5-11(6-10)19-2)13-8-16-12(7-17-13)14(15)20/h3-8H,9H2,1-2H3,(H2,15,20). The van der Waals surface area contributed by atoms with Gasteiger partial charge in [-0.2, -0.15) is 0 Å². The molecule has 2 rings (SSSR count). The Morgan fingerprint density at radius 3 is 2.75 bits per heavy atom. The SMILES string of the molecule is COc1cccc(CN(C)c2cnc(C(N)=S)cn2)c1. The molecule has 0 atom stereocenters. The lowest BCUT2D eigenvalue weighted by molar-refractivity contribution is 0.414. The molecule has 0 aliphatic heterocycles. The highest BCUT2D eigenvalue weighted by Crippen LogP contribution is 2.16. The van der Waals surface area contributed by atoms with Crippen LogP contribution in [0, 0.1) is 0 Å². The summed E-state index contributed by atoms with van der Waals surface area (Å²) in [5, 5.41) is 0. The van der Waals surface area contributed by atoms with Crippen molar-refractivity contribution >= 4 is 23.0 Å². The van der Waals surface area contributed by atoms with Gasteiger partial charge in [0.05, 0.1) is 19.5 Å². The molecule has 0 amide bonds. The molecule has 0 spiro atoms. The first-order valence-corrected chi connectivity index (χ1v) is 6.47. The summed E-state index contributed by atoms with van der Waals surface area (Å²) in [6, 6.07) is 7.91. The van der Waals surface area contributed by atoms with Crippen molar-refractivity contribution in [2.45, 2.75) is 6.54 Å². The van der Waals surface area contributed by atoms with Crippen LogP contribution < -0.4 is 15.4 Å². The van der Waals surface area contributed by atoms with E-state index < -0.39 is 0 Å². The fourth-order valence-electron chi connectivity index (χ4n) is 1.77. The third kappa shape index (κ3) is 3.42. The van der Waals surface area contributed by atoms with E-state index in [1.54, 1.807) is 19.5 Å². The van der Waals surface area contributed by atoms with Crippen molar-refractivity contribution in [3.63, 3.8) is 0 Å². The minimum absolute atomic E-state index is 0.250. The van der Waals surface area contributed by atoms with Gasteiger partial charge in [-0.15, -0.1) is 0 Å². The predicted molar refractivity (Wildman–Crippen MR) is 83.0 cm³/mol. The van der Waals surface area contributed by atoms with Gasteiger partial charge in [0.2, 0.25) is 0 Å². The van der Waals surface area contributed by atoms with Crippen LogP contribution in [0.15, 0.2) is 36.7 Å². The molecule has 0 saturated heterocycles. The predicted octanol–water partition coefficient (Wildman–Crippen LogP) is 1.76. The summed E-state index contributed by atoms with van der Waals surface area (Å²) < 4.78 is 5.21. The number of hydrogen-bond donors (Lipinski definition) is 1. The quantitative estimate of drug-likeness (QED) is 0.846. The van der Waals surface area contributed by atoms with Gasteiger partial charge in [-0.1, -0.05) is 24.4 Å². The Balaban J connectivity index is 2.10. The van der Waals surface area contributed by atoms with Crippen LogP contribution in [0.1, 0.15) is 11.3 Å². The largest absolute Gasteiger partial charge is 0.497 e. The van der Waals surface area contributed by atoms with Gasteiger partial charge in [-0.3, -0.25) is 0 Å². The number of aromatic nitrogens is 2. The second-order valence-electron chi connectivity index (χ2n) is 4.33. The van der Waals surface area contributed by atoms with Crippen molar-refractivity contribution in [2.75, 3.05) is 19.1 Å². The van der Waals surface area contributed by atoms with Crippen molar-refractivity contribution < 1.29 is 4.74 Å². The van der Waals surface area contributed by atoms with E-state index in [2.05, 4.69) is 9.97 Å². The average Bonchev–Trinajstić information content (AvgIpc) is 2.47. The maximum atomic E-state index is 5.50. The van der Waals surface area contributed by atoms with E-state index in [1.807, 2.05) is 36.2 Å². The van der Waals surface area contributed by atoms with E-state index in [0.29, 0.717) is 12.2 Å². The van der Waals surface area contributed by atoms with E-state index in [-0.39, 0.29) is 4.99 Å². The number of thiocarbonyl (C=S) groups is 1. The number of methoxy groups -OCH3 is 1. The van der Waals surface area contributed by atoms with Gasteiger partial charge in [0, 0.05) is 13.6 Å². The molecule has 1 aromatic heterocycles. The first kappa shape index (κ1) is 14.2. The Hall–Kier alpha value is -2.21. The van der Waals surface area contributed by atoms with Gasteiger partial charge in [-0.05, 0) is 17.7 Å². The molecule has 0 fully saturated rings. The molecule has 1 aromatic carbocycles. The van der Waals surface area contributed by atoms with Gasteiger partial charge >= 0.3 is 0 Å². The maximum Gasteiger partial charge on any atom is 0.147 e. The lowest BCUT2D eigenvalue weighted by Gasteiger charge is -2.18. The van der Waals surface area contributed by atoms with Gasteiger partial charge < -0.3 is 15.4 Å². The van der Waals surface area contributed by atoms with E-state index in [4.69, 9.17) is 22.7 Å². The molecule has 0 aliphatic carbocycles. The van der Waals surface area contributed by atoms with Crippen LogP contribution in [0.4, 0.5) is 5.82 Å². The normalized spacial score (nSPS) is 10.1. The Morgan fingerprint density at radius 1 is 1.35 bits per heavy atom. The fraction of sp³-hybridized carbons (Fsp3) is 0.214. The molecule has 104 valence electrons. The molecule has 2 N–H and O–H groups in total. The first-order valence-electron chi connectivity index (χ1n) is 6.06. The number of benzene rings is 1. The van der Waals surface area contributed by atoms with Crippen molar-refractivity contribution in [3.05, 3.63) is 47.9 Å². The summed E-state index contributed by atoms with van der Waals surface area (Å²) >= 11 is 4.85. The topological polar surface area (TPSA) is 64.3 Å². The molecular weight excluding hydrogens is 272 g/mol. The summed E-state index contributed by atoms with van der Waals surface area (Å²) in [4.78, 5) is 10.7. The summed E-state index contributed by atoms with van der Waals surface area (Å²) in [6.07, 6.45) is 3.24.